The Hall–Kier alpha value is -4.68. The molecule has 184 valence electrons. The number of fused-ring (bicyclic) bond motifs is 2. The summed E-state index contributed by atoms with van der Waals surface area (Å²) in [4.78, 5) is 16.2. The van der Waals surface area contributed by atoms with Gasteiger partial charge in [-0.15, -0.1) is 0 Å². The Labute approximate surface area is 215 Å². The third kappa shape index (κ3) is 5.77. The number of aromatic nitrogens is 1. The number of rotatable bonds is 9. The van der Waals surface area contributed by atoms with Crippen molar-refractivity contribution in [1.82, 2.24) is 10.5 Å². The van der Waals surface area contributed by atoms with Gasteiger partial charge in [-0.2, -0.15) is 0 Å². The molecule has 1 aromatic heterocycles. The van der Waals surface area contributed by atoms with Gasteiger partial charge in [0, 0.05) is 35.5 Å². The van der Waals surface area contributed by atoms with Gasteiger partial charge in [0.15, 0.2) is 0 Å². The molecule has 0 aliphatic carbocycles. The predicted octanol–water partition coefficient (Wildman–Crippen LogP) is 6.47. The van der Waals surface area contributed by atoms with Gasteiger partial charge in [-0.3, -0.25) is 15.0 Å². The third-order valence-corrected chi connectivity index (χ3v) is 6.21. The highest BCUT2D eigenvalue weighted by Crippen LogP contribution is 2.26. The van der Waals surface area contributed by atoms with E-state index in [9.17, 15) is 4.79 Å². The van der Waals surface area contributed by atoms with Crippen LogP contribution in [0.2, 0.25) is 0 Å². The van der Waals surface area contributed by atoms with Crippen molar-refractivity contribution in [1.29, 1.82) is 0 Å². The first-order valence-electron chi connectivity index (χ1n) is 12.1. The van der Waals surface area contributed by atoms with E-state index in [1.807, 2.05) is 66.7 Å². The topological polar surface area (TPSA) is 83.5 Å². The Kier molecular flexibility index (Phi) is 7.39. The monoisotopic (exact) mass is 489 g/mol. The molecule has 4 aromatic carbocycles. The van der Waals surface area contributed by atoms with E-state index in [1.54, 1.807) is 23.8 Å². The van der Waals surface area contributed by atoms with Crippen LogP contribution in [-0.4, -0.2) is 29.3 Å². The highest BCUT2D eigenvalue weighted by atomic mass is 16.5. The molecule has 5 rings (SSSR count). The van der Waals surface area contributed by atoms with E-state index in [0.717, 1.165) is 44.2 Å². The molecule has 6 heteroatoms. The van der Waals surface area contributed by atoms with Gasteiger partial charge in [0.25, 0.3) is 5.91 Å². The Morgan fingerprint density at radius 1 is 0.865 bits per heavy atom. The molecule has 6 nitrogen and oxygen atoms in total. The number of nitrogens with one attached hydrogen (secondary N) is 2. The molecular formula is C31H27N3O3. The van der Waals surface area contributed by atoms with E-state index >= 15 is 0 Å². The average molecular weight is 490 g/mol. The van der Waals surface area contributed by atoms with Crippen molar-refractivity contribution in [2.75, 3.05) is 18.5 Å². The minimum Gasteiger partial charge on any atom is -0.493 e. The fraction of sp³-hybridized carbons (Fsp3) is 0.0968. The Morgan fingerprint density at radius 3 is 2.49 bits per heavy atom. The SMILES string of the molecule is O=C(NO)c1ccc(/C=C(\CCOc2cccc3ccccc23)CNc2cccc3cccnc23)cc1. The first kappa shape index (κ1) is 24.0. The summed E-state index contributed by atoms with van der Waals surface area (Å²) >= 11 is 0. The number of ether oxygens (including phenoxy) is 1. The summed E-state index contributed by atoms with van der Waals surface area (Å²) < 4.78 is 6.21. The van der Waals surface area contributed by atoms with Crippen molar-refractivity contribution in [3.63, 3.8) is 0 Å². The van der Waals surface area contributed by atoms with Crippen LogP contribution in [0.15, 0.2) is 109 Å². The van der Waals surface area contributed by atoms with Crippen LogP contribution in [0.5, 0.6) is 5.75 Å². The lowest BCUT2D eigenvalue weighted by Crippen LogP contribution is -2.18. The first-order chi connectivity index (χ1) is 18.2. The van der Waals surface area contributed by atoms with Crippen molar-refractivity contribution in [3.05, 3.63) is 120 Å². The highest BCUT2D eigenvalue weighted by molar-refractivity contribution is 5.93. The van der Waals surface area contributed by atoms with Crippen molar-refractivity contribution in [3.8, 4) is 5.75 Å². The fourth-order valence-corrected chi connectivity index (χ4v) is 4.31. The zero-order chi connectivity index (χ0) is 25.5. The molecule has 0 radical (unpaired) electrons. The maximum Gasteiger partial charge on any atom is 0.274 e. The largest absolute Gasteiger partial charge is 0.493 e. The summed E-state index contributed by atoms with van der Waals surface area (Å²) in [6.07, 6.45) is 4.60. The average Bonchev–Trinajstić information content (AvgIpc) is 2.96. The molecule has 0 unspecified atom stereocenters. The van der Waals surface area contributed by atoms with Crippen LogP contribution in [0, 0.1) is 0 Å². The second-order valence-electron chi connectivity index (χ2n) is 8.68. The number of hydrogen-bond acceptors (Lipinski definition) is 5. The predicted molar refractivity (Wildman–Crippen MR) is 148 cm³/mol. The smallest absolute Gasteiger partial charge is 0.274 e. The van der Waals surface area contributed by atoms with E-state index in [-0.39, 0.29) is 0 Å². The van der Waals surface area contributed by atoms with Gasteiger partial charge in [0.1, 0.15) is 5.75 Å². The number of amides is 1. The van der Waals surface area contributed by atoms with E-state index in [0.29, 0.717) is 25.1 Å². The number of para-hydroxylation sites is 1. The molecule has 5 aromatic rings. The molecule has 0 saturated carbocycles. The lowest BCUT2D eigenvalue weighted by molar-refractivity contribution is 0.0706. The third-order valence-electron chi connectivity index (χ3n) is 6.21. The zero-order valence-electron chi connectivity index (χ0n) is 20.2. The Bertz CT molecular complexity index is 1550. The summed E-state index contributed by atoms with van der Waals surface area (Å²) in [7, 11) is 0. The lowest BCUT2D eigenvalue weighted by atomic mass is 10.1. The number of nitrogens with zero attached hydrogens (tertiary/aromatic N) is 1. The van der Waals surface area contributed by atoms with Crippen LogP contribution in [0.4, 0.5) is 5.69 Å². The van der Waals surface area contributed by atoms with E-state index in [2.05, 4.69) is 34.6 Å². The number of hydroxylamine groups is 1. The van der Waals surface area contributed by atoms with E-state index in [1.165, 1.54) is 0 Å². The van der Waals surface area contributed by atoms with Crippen molar-refractivity contribution in [2.24, 2.45) is 0 Å². The molecule has 3 N–H and O–H groups in total. The second kappa shape index (κ2) is 11.4. The molecular weight excluding hydrogens is 462 g/mol. The Morgan fingerprint density at radius 2 is 1.62 bits per heavy atom. The maximum absolute atomic E-state index is 11.7. The van der Waals surface area contributed by atoms with E-state index < -0.39 is 5.91 Å². The van der Waals surface area contributed by atoms with Crippen LogP contribution in [-0.2, 0) is 0 Å². The Balaban J connectivity index is 1.35. The second-order valence-corrected chi connectivity index (χ2v) is 8.68. The van der Waals surface area contributed by atoms with Crippen LogP contribution in [0.1, 0.15) is 22.3 Å². The number of carbonyl (C=O) groups excluding carboxylic acids is 1. The van der Waals surface area contributed by atoms with Crippen LogP contribution in [0.3, 0.4) is 0 Å². The lowest BCUT2D eigenvalue weighted by Gasteiger charge is -2.14. The normalized spacial score (nSPS) is 11.4. The van der Waals surface area contributed by atoms with Crippen LogP contribution >= 0.6 is 0 Å². The summed E-state index contributed by atoms with van der Waals surface area (Å²) in [5, 5.41) is 15.7. The maximum atomic E-state index is 11.7. The van der Waals surface area contributed by atoms with Crippen molar-refractivity contribution in [2.45, 2.75) is 6.42 Å². The minimum absolute atomic E-state index is 0.389. The molecule has 37 heavy (non-hydrogen) atoms. The molecule has 1 amide bonds. The molecule has 0 atom stereocenters. The van der Waals surface area contributed by atoms with Gasteiger partial charge in [-0.1, -0.05) is 72.8 Å². The van der Waals surface area contributed by atoms with Crippen molar-refractivity contribution >= 4 is 39.3 Å². The summed E-state index contributed by atoms with van der Waals surface area (Å²) in [5.41, 5.74) is 6.03. The van der Waals surface area contributed by atoms with Gasteiger partial charge >= 0.3 is 0 Å². The quantitative estimate of drug-likeness (QED) is 0.163. The van der Waals surface area contributed by atoms with E-state index in [4.69, 9.17) is 9.94 Å². The molecule has 1 heterocycles. The van der Waals surface area contributed by atoms with Crippen molar-refractivity contribution < 1.29 is 14.7 Å². The molecule has 0 aliphatic heterocycles. The van der Waals surface area contributed by atoms with Crippen LogP contribution in [0.25, 0.3) is 27.8 Å². The number of carbonyl (C=O) groups is 1. The number of anilines is 1. The molecule has 0 aliphatic rings. The van der Waals surface area contributed by atoms with Crippen LogP contribution < -0.4 is 15.5 Å². The first-order valence-corrected chi connectivity index (χ1v) is 12.1. The standard InChI is InChI=1S/C31H27N3O3/c35-31(34-36)26-15-13-22(14-16-26)20-23(21-33-28-11-3-8-25-9-5-18-32-30(25)28)17-19-37-29-12-4-7-24-6-1-2-10-27(24)29/h1-16,18,20,33,36H,17,19,21H2,(H,34,35)/b23-20+. The van der Waals surface area contributed by atoms with Gasteiger partial charge in [-0.25, -0.2) is 5.48 Å². The van der Waals surface area contributed by atoms with Gasteiger partial charge in [-0.05, 0) is 46.9 Å². The fourth-order valence-electron chi connectivity index (χ4n) is 4.31. The number of pyridine rings is 1. The molecule has 0 spiro atoms. The minimum atomic E-state index is -0.538. The number of benzene rings is 4. The molecule has 0 fully saturated rings. The van der Waals surface area contributed by atoms with Gasteiger partial charge in [0.2, 0.25) is 0 Å². The highest BCUT2D eigenvalue weighted by Gasteiger charge is 2.07. The van der Waals surface area contributed by atoms with Gasteiger partial charge in [0.05, 0.1) is 17.8 Å². The summed E-state index contributed by atoms with van der Waals surface area (Å²) in [5.74, 6) is 0.326. The van der Waals surface area contributed by atoms with Gasteiger partial charge < -0.3 is 10.1 Å². The zero-order valence-corrected chi connectivity index (χ0v) is 20.2. The summed E-state index contributed by atoms with van der Waals surface area (Å²) in [6.45, 7) is 1.12. The molecule has 0 bridgehead atoms. The molecule has 0 saturated heterocycles. The number of hydrogen-bond donors (Lipinski definition) is 3. The summed E-state index contributed by atoms with van der Waals surface area (Å²) in [6, 6.07) is 31.4.